The van der Waals surface area contributed by atoms with Gasteiger partial charge in [-0.3, -0.25) is 4.90 Å². The van der Waals surface area contributed by atoms with Crippen molar-refractivity contribution in [2.24, 2.45) is 5.92 Å². The molecule has 0 radical (unpaired) electrons. The number of piperidine rings is 1. The van der Waals surface area contributed by atoms with Gasteiger partial charge in [0.25, 0.3) is 0 Å². The van der Waals surface area contributed by atoms with Crippen LogP contribution in [-0.2, 0) is 6.54 Å². The molecule has 1 aromatic rings. The summed E-state index contributed by atoms with van der Waals surface area (Å²) in [5.74, 6) is 1.47. The van der Waals surface area contributed by atoms with Crippen LogP contribution in [0.3, 0.4) is 0 Å². The number of hydrogen-bond acceptors (Lipinski definition) is 3. The summed E-state index contributed by atoms with van der Waals surface area (Å²) in [7, 11) is 1.61. The second-order valence-electron chi connectivity index (χ2n) is 5.13. The predicted octanol–water partition coefficient (Wildman–Crippen LogP) is 2.80. The summed E-state index contributed by atoms with van der Waals surface area (Å²) in [4.78, 5) is 2.48. The average molecular weight is 244 g/mol. The Morgan fingerprint density at radius 1 is 1.50 bits per heavy atom. The quantitative estimate of drug-likeness (QED) is 0.820. The van der Waals surface area contributed by atoms with E-state index in [2.05, 4.69) is 17.9 Å². The topological polar surface area (TPSA) is 36.3 Å². The van der Waals surface area contributed by atoms with Gasteiger partial charge in [0.2, 0.25) is 0 Å². The van der Waals surface area contributed by atoms with Crippen LogP contribution in [0.15, 0.2) is 18.2 Å². The van der Waals surface area contributed by atoms with E-state index >= 15 is 0 Å². The maximum absolute atomic E-state index is 8.96. The lowest BCUT2D eigenvalue weighted by Crippen LogP contribution is -2.33. The van der Waals surface area contributed by atoms with Crippen molar-refractivity contribution in [2.45, 2.75) is 26.3 Å². The molecule has 1 fully saturated rings. The van der Waals surface area contributed by atoms with Crippen molar-refractivity contribution in [1.29, 1.82) is 5.26 Å². The Morgan fingerprint density at radius 2 is 2.33 bits per heavy atom. The lowest BCUT2D eigenvalue weighted by atomic mass is 9.99. The minimum atomic E-state index is 0.605. The number of nitriles is 1. The van der Waals surface area contributed by atoms with Crippen molar-refractivity contribution < 1.29 is 4.74 Å². The van der Waals surface area contributed by atoms with Crippen LogP contribution in [0, 0.1) is 17.2 Å². The fourth-order valence-corrected chi connectivity index (χ4v) is 2.61. The summed E-state index contributed by atoms with van der Waals surface area (Å²) in [6.07, 6.45) is 2.63. The monoisotopic (exact) mass is 244 g/mol. The molecule has 0 spiro atoms. The van der Waals surface area contributed by atoms with Gasteiger partial charge in [-0.25, -0.2) is 0 Å². The zero-order chi connectivity index (χ0) is 13.0. The molecule has 0 amide bonds. The predicted molar refractivity (Wildman–Crippen MR) is 71.4 cm³/mol. The van der Waals surface area contributed by atoms with Crippen LogP contribution in [0.2, 0.25) is 0 Å². The maximum atomic E-state index is 8.96. The van der Waals surface area contributed by atoms with Gasteiger partial charge >= 0.3 is 0 Å². The number of rotatable bonds is 3. The fraction of sp³-hybridized carbons (Fsp3) is 0.533. The number of hydrogen-bond donors (Lipinski definition) is 0. The third-order valence-corrected chi connectivity index (χ3v) is 3.53. The van der Waals surface area contributed by atoms with Crippen molar-refractivity contribution >= 4 is 0 Å². The second kappa shape index (κ2) is 5.88. The molecule has 1 aromatic carbocycles. The highest BCUT2D eigenvalue weighted by Gasteiger charge is 2.16. The van der Waals surface area contributed by atoms with Crippen LogP contribution in [-0.4, -0.2) is 25.1 Å². The Hall–Kier alpha value is -1.53. The van der Waals surface area contributed by atoms with E-state index in [1.807, 2.05) is 18.2 Å². The number of nitrogens with zero attached hydrogens (tertiary/aromatic N) is 2. The van der Waals surface area contributed by atoms with Crippen LogP contribution in [0.1, 0.15) is 30.9 Å². The molecule has 0 saturated carbocycles. The SMILES string of the molecule is COc1cc(CN2CCCC(C)C2)ccc1C#N. The molecule has 1 aliphatic heterocycles. The zero-order valence-corrected chi connectivity index (χ0v) is 11.1. The molecule has 1 saturated heterocycles. The second-order valence-corrected chi connectivity index (χ2v) is 5.13. The lowest BCUT2D eigenvalue weighted by molar-refractivity contribution is 0.176. The van der Waals surface area contributed by atoms with E-state index in [1.165, 1.54) is 31.5 Å². The van der Waals surface area contributed by atoms with Gasteiger partial charge in [0.15, 0.2) is 0 Å². The largest absolute Gasteiger partial charge is 0.495 e. The molecule has 3 nitrogen and oxygen atoms in total. The minimum Gasteiger partial charge on any atom is -0.495 e. The van der Waals surface area contributed by atoms with E-state index < -0.39 is 0 Å². The normalized spacial score (nSPS) is 20.4. The van der Waals surface area contributed by atoms with Crippen molar-refractivity contribution in [3.8, 4) is 11.8 Å². The maximum Gasteiger partial charge on any atom is 0.136 e. The van der Waals surface area contributed by atoms with Crippen LogP contribution >= 0.6 is 0 Å². The molecule has 1 aliphatic rings. The van der Waals surface area contributed by atoms with Gasteiger partial charge in [-0.15, -0.1) is 0 Å². The summed E-state index contributed by atoms with van der Waals surface area (Å²) < 4.78 is 5.25. The molecule has 18 heavy (non-hydrogen) atoms. The van der Waals surface area contributed by atoms with Crippen molar-refractivity contribution in [2.75, 3.05) is 20.2 Å². The van der Waals surface area contributed by atoms with Crippen LogP contribution in [0.5, 0.6) is 5.75 Å². The molecule has 3 heteroatoms. The highest BCUT2D eigenvalue weighted by atomic mass is 16.5. The molecular formula is C15H20N2O. The molecule has 1 unspecified atom stereocenters. The standard InChI is InChI=1S/C15H20N2O/c1-12-4-3-7-17(10-12)11-13-5-6-14(9-16)15(8-13)18-2/h5-6,8,12H,3-4,7,10-11H2,1-2H3. The molecule has 2 rings (SSSR count). The molecule has 96 valence electrons. The molecule has 1 heterocycles. The van der Waals surface area contributed by atoms with Gasteiger partial charge in [0.05, 0.1) is 12.7 Å². The van der Waals surface area contributed by atoms with Crippen molar-refractivity contribution in [3.05, 3.63) is 29.3 Å². The molecule has 0 bridgehead atoms. The van der Waals surface area contributed by atoms with E-state index in [0.29, 0.717) is 11.3 Å². The molecular weight excluding hydrogens is 224 g/mol. The van der Waals surface area contributed by atoms with Gasteiger partial charge in [-0.1, -0.05) is 13.0 Å². The number of ether oxygens (including phenoxy) is 1. The summed E-state index contributed by atoms with van der Waals surface area (Å²) in [6, 6.07) is 8.01. The van der Waals surface area contributed by atoms with Gasteiger partial charge in [0.1, 0.15) is 11.8 Å². The van der Waals surface area contributed by atoms with Crippen molar-refractivity contribution in [1.82, 2.24) is 4.90 Å². The van der Waals surface area contributed by atoms with Gasteiger partial charge < -0.3 is 4.74 Å². The first-order chi connectivity index (χ1) is 8.72. The minimum absolute atomic E-state index is 0.605. The Morgan fingerprint density at radius 3 is 3.00 bits per heavy atom. The van der Waals surface area contributed by atoms with Gasteiger partial charge in [0, 0.05) is 13.1 Å². The lowest BCUT2D eigenvalue weighted by Gasteiger charge is -2.30. The summed E-state index contributed by atoms with van der Waals surface area (Å²) in [6.45, 7) is 5.60. The number of likely N-dealkylation sites (tertiary alicyclic amines) is 1. The van der Waals surface area contributed by atoms with Crippen LogP contribution < -0.4 is 4.74 Å². The first kappa shape index (κ1) is 12.9. The summed E-state index contributed by atoms with van der Waals surface area (Å²) in [5.41, 5.74) is 1.83. The molecule has 0 N–H and O–H groups in total. The summed E-state index contributed by atoms with van der Waals surface area (Å²) in [5, 5.41) is 8.96. The third-order valence-electron chi connectivity index (χ3n) is 3.53. The molecule has 1 atom stereocenters. The Kier molecular flexibility index (Phi) is 4.22. The van der Waals surface area contributed by atoms with Gasteiger partial charge in [-0.05, 0) is 43.0 Å². The van der Waals surface area contributed by atoms with E-state index in [-0.39, 0.29) is 0 Å². The highest BCUT2D eigenvalue weighted by molar-refractivity contribution is 5.45. The van der Waals surface area contributed by atoms with Crippen molar-refractivity contribution in [3.63, 3.8) is 0 Å². The van der Waals surface area contributed by atoms with E-state index in [0.717, 1.165) is 12.5 Å². The number of benzene rings is 1. The van der Waals surface area contributed by atoms with Crippen LogP contribution in [0.4, 0.5) is 0 Å². The Balaban J connectivity index is 2.07. The average Bonchev–Trinajstić information content (AvgIpc) is 2.38. The highest BCUT2D eigenvalue weighted by Crippen LogP contribution is 2.22. The van der Waals surface area contributed by atoms with Crippen LogP contribution in [0.25, 0.3) is 0 Å². The molecule has 0 aromatic heterocycles. The Labute approximate surface area is 109 Å². The number of methoxy groups -OCH3 is 1. The Bertz CT molecular complexity index is 450. The zero-order valence-electron chi connectivity index (χ0n) is 11.1. The summed E-state index contributed by atoms with van der Waals surface area (Å²) >= 11 is 0. The third kappa shape index (κ3) is 3.02. The first-order valence-corrected chi connectivity index (χ1v) is 6.52. The van der Waals surface area contributed by atoms with E-state index in [4.69, 9.17) is 10.00 Å². The molecule has 0 aliphatic carbocycles. The van der Waals surface area contributed by atoms with Gasteiger partial charge in [-0.2, -0.15) is 5.26 Å². The first-order valence-electron chi connectivity index (χ1n) is 6.52. The van der Waals surface area contributed by atoms with E-state index in [9.17, 15) is 0 Å². The van der Waals surface area contributed by atoms with E-state index in [1.54, 1.807) is 7.11 Å². The smallest absolute Gasteiger partial charge is 0.136 e. The fourth-order valence-electron chi connectivity index (χ4n) is 2.61.